The molecule has 2 heterocycles. The van der Waals surface area contributed by atoms with Crippen molar-refractivity contribution in [3.63, 3.8) is 0 Å². The Morgan fingerprint density at radius 1 is 0.931 bits per heavy atom. The second-order valence-corrected chi connectivity index (χ2v) is 8.20. The van der Waals surface area contributed by atoms with Crippen molar-refractivity contribution in [1.82, 2.24) is 9.97 Å². The smallest absolute Gasteiger partial charge is 0.145 e. The van der Waals surface area contributed by atoms with Crippen LogP contribution in [0.3, 0.4) is 0 Å². The van der Waals surface area contributed by atoms with Gasteiger partial charge in [-0.2, -0.15) is 0 Å². The zero-order chi connectivity index (χ0) is 20.5. The number of phenolic OH excluding ortho intramolecular Hbond substituents is 1. The summed E-state index contributed by atoms with van der Waals surface area (Å²) >= 11 is 18.7. The summed E-state index contributed by atoms with van der Waals surface area (Å²) in [5, 5.41) is 13.6. The third-order valence-corrected chi connectivity index (χ3v) is 5.81. The van der Waals surface area contributed by atoms with Gasteiger partial charge in [0.2, 0.25) is 0 Å². The first-order valence-electron chi connectivity index (χ1n) is 9.06. The summed E-state index contributed by atoms with van der Waals surface area (Å²) < 4.78 is 0. The molecule has 4 rings (SSSR count). The van der Waals surface area contributed by atoms with Crippen molar-refractivity contribution in [3.05, 3.63) is 98.4 Å². The molecule has 0 radical (unpaired) electrons. The van der Waals surface area contributed by atoms with E-state index in [-0.39, 0.29) is 11.7 Å². The van der Waals surface area contributed by atoms with Gasteiger partial charge in [-0.25, -0.2) is 0 Å². The summed E-state index contributed by atoms with van der Waals surface area (Å²) in [6.07, 6.45) is 3.84. The molecule has 2 aromatic heterocycles. The maximum Gasteiger partial charge on any atom is 0.145 e. The Morgan fingerprint density at radius 2 is 1.72 bits per heavy atom. The molecule has 0 bridgehead atoms. The van der Waals surface area contributed by atoms with E-state index in [1.807, 2.05) is 43.3 Å². The first-order valence-corrected chi connectivity index (χ1v) is 10.2. The van der Waals surface area contributed by atoms with Gasteiger partial charge in [-0.15, -0.1) is 0 Å². The van der Waals surface area contributed by atoms with Crippen molar-refractivity contribution in [2.75, 3.05) is 0 Å². The predicted octanol–water partition coefficient (Wildman–Crippen LogP) is 6.98. The maximum absolute atomic E-state index is 11.0. The molecule has 1 unspecified atom stereocenters. The molecule has 4 aromatic rings. The predicted molar refractivity (Wildman–Crippen MR) is 119 cm³/mol. The van der Waals surface area contributed by atoms with E-state index in [1.165, 1.54) is 0 Å². The third-order valence-electron chi connectivity index (χ3n) is 5.04. The van der Waals surface area contributed by atoms with Gasteiger partial charge >= 0.3 is 0 Å². The molecule has 3 nitrogen and oxygen atoms in total. The standard InChI is InChI=1S/C23H17Cl3N2O/c1-13-9-16(25)12-28-21(13)11-19(17-7-5-15(24)10-20(17)26)18-6-4-14-3-2-8-27-22(14)23(18)29/h2-10,12,19,29H,11H2,1H3. The highest BCUT2D eigenvalue weighted by Crippen LogP contribution is 2.40. The van der Waals surface area contributed by atoms with Crippen LogP contribution in [0, 0.1) is 6.92 Å². The summed E-state index contributed by atoms with van der Waals surface area (Å²) in [6.45, 7) is 1.97. The van der Waals surface area contributed by atoms with Gasteiger partial charge in [0.1, 0.15) is 11.3 Å². The molecule has 0 saturated heterocycles. The minimum Gasteiger partial charge on any atom is -0.505 e. The highest BCUT2D eigenvalue weighted by Gasteiger charge is 2.24. The molecule has 1 N–H and O–H groups in total. The van der Waals surface area contributed by atoms with Crippen molar-refractivity contribution >= 4 is 45.7 Å². The largest absolute Gasteiger partial charge is 0.505 e. The third kappa shape index (κ3) is 4.04. The van der Waals surface area contributed by atoms with Crippen LogP contribution in [0.25, 0.3) is 10.9 Å². The average Bonchev–Trinajstić information content (AvgIpc) is 2.69. The first-order chi connectivity index (χ1) is 13.9. The lowest BCUT2D eigenvalue weighted by Crippen LogP contribution is -2.09. The number of benzene rings is 2. The van der Waals surface area contributed by atoms with E-state index in [1.54, 1.807) is 24.5 Å². The summed E-state index contributed by atoms with van der Waals surface area (Å²) in [7, 11) is 0. The van der Waals surface area contributed by atoms with Crippen LogP contribution in [0.4, 0.5) is 0 Å². The number of pyridine rings is 2. The van der Waals surface area contributed by atoms with E-state index >= 15 is 0 Å². The molecule has 29 heavy (non-hydrogen) atoms. The van der Waals surface area contributed by atoms with Crippen LogP contribution in [0.15, 0.2) is 60.9 Å². The van der Waals surface area contributed by atoms with Crippen molar-refractivity contribution in [3.8, 4) is 5.75 Å². The van der Waals surface area contributed by atoms with E-state index in [0.29, 0.717) is 27.0 Å². The van der Waals surface area contributed by atoms with Crippen molar-refractivity contribution < 1.29 is 5.11 Å². The number of phenols is 1. The Kier molecular flexibility index (Phi) is 5.64. The van der Waals surface area contributed by atoms with Gasteiger partial charge in [0.15, 0.2) is 0 Å². The van der Waals surface area contributed by atoms with Crippen LogP contribution in [-0.2, 0) is 6.42 Å². The Bertz CT molecular complexity index is 1210. The molecular formula is C23H17Cl3N2O. The second-order valence-electron chi connectivity index (χ2n) is 6.92. The molecule has 1 atom stereocenters. The Labute approximate surface area is 183 Å². The van der Waals surface area contributed by atoms with Crippen LogP contribution in [0.1, 0.15) is 28.3 Å². The number of aromatic hydroxyl groups is 1. The van der Waals surface area contributed by atoms with Gasteiger partial charge < -0.3 is 5.11 Å². The van der Waals surface area contributed by atoms with Gasteiger partial charge in [0.25, 0.3) is 0 Å². The van der Waals surface area contributed by atoms with Crippen LogP contribution in [-0.4, -0.2) is 15.1 Å². The second kappa shape index (κ2) is 8.19. The Hall–Kier alpha value is -2.33. The SMILES string of the molecule is Cc1cc(Cl)cnc1CC(c1ccc(Cl)cc1Cl)c1ccc2cccnc2c1O. The molecule has 2 aromatic carbocycles. The number of hydrogen-bond donors (Lipinski definition) is 1. The summed E-state index contributed by atoms with van der Waals surface area (Å²) in [4.78, 5) is 8.86. The molecule has 146 valence electrons. The summed E-state index contributed by atoms with van der Waals surface area (Å²) in [5.41, 5.74) is 4.01. The molecule has 0 aliphatic heterocycles. The quantitative estimate of drug-likeness (QED) is 0.370. The molecule has 0 aliphatic rings. The van der Waals surface area contributed by atoms with Gasteiger partial charge in [-0.3, -0.25) is 9.97 Å². The van der Waals surface area contributed by atoms with Crippen LogP contribution in [0.2, 0.25) is 15.1 Å². The topological polar surface area (TPSA) is 46.0 Å². The minimum atomic E-state index is -0.237. The number of rotatable bonds is 4. The summed E-state index contributed by atoms with van der Waals surface area (Å²) in [6, 6.07) is 14.9. The van der Waals surface area contributed by atoms with E-state index in [9.17, 15) is 5.11 Å². The molecule has 0 amide bonds. The Balaban J connectivity index is 1.89. The lowest BCUT2D eigenvalue weighted by molar-refractivity contribution is 0.469. The number of hydrogen-bond acceptors (Lipinski definition) is 3. The molecule has 0 aliphatic carbocycles. The van der Waals surface area contributed by atoms with Crippen molar-refractivity contribution in [2.45, 2.75) is 19.3 Å². The van der Waals surface area contributed by atoms with E-state index < -0.39 is 0 Å². The van der Waals surface area contributed by atoms with E-state index in [0.717, 1.165) is 27.8 Å². The van der Waals surface area contributed by atoms with Gasteiger partial charge in [0.05, 0.1) is 5.02 Å². The number of fused-ring (bicyclic) bond motifs is 1. The van der Waals surface area contributed by atoms with Crippen molar-refractivity contribution in [1.29, 1.82) is 0 Å². The van der Waals surface area contributed by atoms with Gasteiger partial charge in [-0.05, 0) is 42.3 Å². The normalized spacial score (nSPS) is 12.3. The zero-order valence-corrected chi connectivity index (χ0v) is 17.8. The van der Waals surface area contributed by atoms with Crippen LogP contribution < -0.4 is 0 Å². The lowest BCUT2D eigenvalue weighted by atomic mass is 9.85. The monoisotopic (exact) mass is 442 g/mol. The summed E-state index contributed by atoms with van der Waals surface area (Å²) in [5.74, 6) is -0.0933. The highest BCUT2D eigenvalue weighted by atomic mass is 35.5. The molecular weight excluding hydrogens is 427 g/mol. The fourth-order valence-electron chi connectivity index (χ4n) is 3.57. The fourth-order valence-corrected chi connectivity index (χ4v) is 4.33. The molecule has 0 fully saturated rings. The number of nitrogens with zero attached hydrogens (tertiary/aromatic N) is 2. The Morgan fingerprint density at radius 3 is 2.48 bits per heavy atom. The zero-order valence-electron chi connectivity index (χ0n) is 15.5. The van der Waals surface area contributed by atoms with E-state index in [4.69, 9.17) is 34.8 Å². The highest BCUT2D eigenvalue weighted by molar-refractivity contribution is 6.35. The van der Waals surface area contributed by atoms with Gasteiger partial charge in [0, 0.05) is 51.4 Å². The van der Waals surface area contributed by atoms with Crippen molar-refractivity contribution in [2.24, 2.45) is 0 Å². The first kappa shape index (κ1) is 20.0. The average molecular weight is 444 g/mol. The van der Waals surface area contributed by atoms with Crippen LogP contribution in [0.5, 0.6) is 5.75 Å². The van der Waals surface area contributed by atoms with Gasteiger partial charge in [-0.1, -0.05) is 59.1 Å². The molecule has 0 saturated carbocycles. The lowest BCUT2D eigenvalue weighted by Gasteiger charge is -2.22. The number of aromatic nitrogens is 2. The van der Waals surface area contributed by atoms with E-state index in [2.05, 4.69) is 9.97 Å². The fraction of sp³-hybridized carbons (Fsp3) is 0.130. The maximum atomic E-state index is 11.0. The molecule has 6 heteroatoms. The number of aryl methyl sites for hydroxylation is 1. The minimum absolute atomic E-state index is 0.144. The molecule has 0 spiro atoms. The van der Waals surface area contributed by atoms with Crippen LogP contribution >= 0.6 is 34.8 Å². The number of halogens is 3.